The Hall–Kier alpha value is 3.23. The molecular formula is C8H18O4P3S6-3. The van der Waals surface area contributed by atoms with Gasteiger partial charge in [0, 0.05) is 0 Å². The van der Waals surface area contributed by atoms with Crippen molar-refractivity contribution < 1.29 is 17.7 Å². The van der Waals surface area contributed by atoms with E-state index in [0.717, 1.165) is 0 Å². The van der Waals surface area contributed by atoms with E-state index in [4.69, 9.17) is 91.2 Å². The summed E-state index contributed by atoms with van der Waals surface area (Å²) < 4.78 is 21.8. The minimum atomic E-state index is -3.26. The molecule has 0 bridgehead atoms. The van der Waals surface area contributed by atoms with Gasteiger partial charge in [0.05, 0.1) is 12.2 Å². The molecule has 21 heavy (non-hydrogen) atoms. The molecule has 0 saturated carbocycles. The zero-order chi connectivity index (χ0) is 17.3. The summed E-state index contributed by atoms with van der Waals surface area (Å²) in [6, 6.07) is 0. The fraction of sp³-hybridized carbons (Fsp3) is 1.00. The first kappa shape index (κ1) is 24.2. The topological polar surface area (TPSA) is 36.9 Å². The minimum absolute atomic E-state index is 0.571. The molecule has 13 heteroatoms. The summed E-state index contributed by atoms with van der Waals surface area (Å²) in [5.41, 5.74) is -1.14. The van der Waals surface area contributed by atoms with Crippen LogP contribution in [0.3, 0.4) is 0 Å². The summed E-state index contributed by atoms with van der Waals surface area (Å²) in [5, 5.41) is 0. The van der Waals surface area contributed by atoms with Crippen LogP contribution in [0.1, 0.15) is 41.5 Å². The van der Waals surface area contributed by atoms with Gasteiger partial charge < -0.3 is 73.5 Å². The molecule has 0 aliphatic rings. The molecule has 0 atom stereocenters. The maximum absolute atomic E-state index is 5.51. The molecule has 0 aromatic heterocycles. The Morgan fingerprint density at radius 1 is 0.524 bits per heavy atom. The Morgan fingerprint density at radius 2 is 0.762 bits per heavy atom. The van der Waals surface area contributed by atoms with Gasteiger partial charge >= 0.3 is 0 Å². The quantitative estimate of drug-likeness (QED) is 0.398. The van der Waals surface area contributed by atoms with Crippen LogP contribution in [0, 0.1) is 0 Å². The molecule has 0 aromatic carbocycles. The van der Waals surface area contributed by atoms with Crippen LogP contribution >= 0.6 is 18.4 Å². The standard InChI is InChI=1S/C8H21O4P3S6/c1-7(2,3)9-13(16,17)11-15(20,21)12-14(18,19)10-8(4,5)6/h1-6H3,(H,16,17)(H,18,19)(H,20,21)/p-3. The zero-order valence-electron chi connectivity index (χ0n) is 12.4. The highest BCUT2D eigenvalue weighted by atomic mass is 33.1. The lowest BCUT2D eigenvalue weighted by Crippen LogP contribution is -2.20. The fourth-order valence-corrected chi connectivity index (χ4v) is 17.4. The number of hydrogen-bond donors (Lipinski definition) is 0. The third kappa shape index (κ3) is 14.1. The van der Waals surface area contributed by atoms with Crippen molar-refractivity contribution in [2.24, 2.45) is 0 Å². The molecule has 0 fully saturated rings. The third-order valence-electron chi connectivity index (χ3n) is 1.17. The van der Waals surface area contributed by atoms with Crippen molar-refractivity contribution in [2.45, 2.75) is 52.7 Å². The van der Waals surface area contributed by atoms with Crippen molar-refractivity contribution in [1.82, 2.24) is 0 Å². The average Bonchev–Trinajstić information content (AvgIpc) is 1.83. The first-order valence-corrected chi connectivity index (χ1v) is 16.6. The van der Waals surface area contributed by atoms with Gasteiger partial charge in [-0.25, -0.2) is 9.05 Å². The van der Waals surface area contributed by atoms with Gasteiger partial charge in [-0.3, -0.25) is 0 Å². The van der Waals surface area contributed by atoms with Gasteiger partial charge in [-0.2, -0.15) is 0 Å². The summed E-state index contributed by atoms with van der Waals surface area (Å²) in [7, 11) is 0. The predicted octanol–water partition coefficient (Wildman–Crippen LogP) is 4.96. The van der Waals surface area contributed by atoms with Gasteiger partial charge in [0.1, 0.15) is 17.3 Å². The SMILES string of the molecule is CC(C)(C)O[P+]([S-])([S-])O[P+]([S-])([S-])O[P+]([S-])([S-])OC(C)(C)C. The van der Waals surface area contributed by atoms with E-state index in [1.165, 1.54) is 0 Å². The third-order valence-corrected chi connectivity index (χ3v) is 11.6. The molecule has 0 radical (unpaired) electrons. The van der Waals surface area contributed by atoms with E-state index in [9.17, 15) is 0 Å². The molecule has 0 aliphatic carbocycles. The Labute approximate surface area is 161 Å². The molecule has 0 heterocycles. The first-order valence-electron chi connectivity index (χ1n) is 5.60. The number of hydrogen-bond acceptors (Lipinski definition) is 10. The minimum Gasteiger partial charge on any atom is -0.511 e. The molecule has 4 nitrogen and oxygen atoms in total. The normalized spacial score (nSPS) is 15.4. The van der Waals surface area contributed by atoms with E-state index in [-0.39, 0.29) is 0 Å². The van der Waals surface area contributed by atoms with E-state index in [1.54, 1.807) is 41.5 Å². The van der Waals surface area contributed by atoms with E-state index in [0.29, 0.717) is 0 Å². The van der Waals surface area contributed by atoms with Gasteiger partial charge in [0.2, 0.25) is 0 Å². The van der Waals surface area contributed by atoms with Crippen LogP contribution in [0.2, 0.25) is 0 Å². The Morgan fingerprint density at radius 3 is 0.952 bits per heavy atom. The second-order valence-corrected chi connectivity index (χ2v) is 21.0. The molecule has 0 N–H and O–H groups in total. The van der Waals surface area contributed by atoms with Gasteiger partial charge in [-0.15, -0.1) is 8.62 Å². The van der Waals surface area contributed by atoms with Crippen LogP contribution < -0.4 is 0 Å². The van der Waals surface area contributed by atoms with E-state index in [1.807, 2.05) is 0 Å². The maximum atomic E-state index is 5.51. The second-order valence-electron chi connectivity index (χ2n) is 5.91. The van der Waals surface area contributed by atoms with Crippen LogP contribution in [-0.4, -0.2) is 11.2 Å². The molecule has 128 valence electrons. The number of rotatable bonds is 6. The lowest BCUT2D eigenvalue weighted by molar-refractivity contribution is 0.135. The largest absolute Gasteiger partial charge is 0.511 e. The highest BCUT2D eigenvalue weighted by Crippen LogP contribution is 2.81. The first-order chi connectivity index (χ1) is 8.83. The molecular weight excluding hydrogens is 445 g/mol. The maximum Gasteiger partial charge on any atom is 0.135 e. The van der Waals surface area contributed by atoms with Crippen molar-refractivity contribution in [3.63, 3.8) is 0 Å². The van der Waals surface area contributed by atoms with Crippen molar-refractivity contribution in [3.05, 3.63) is 0 Å². The predicted molar refractivity (Wildman–Crippen MR) is 109 cm³/mol. The van der Waals surface area contributed by atoms with Crippen LogP contribution in [0.5, 0.6) is 0 Å². The molecule has 0 aromatic rings. The van der Waals surface area contributed by atoms with Crippen LogP contribution in [0.25, 0.3) is 0 Å². The van der Waals surface area contributed by atoms with E-state index >= 15 is 0 Å². The molecule has 0 rings (SSSR count). The van der Waals surface area contributed by atoms with Gasteiger partial charge in [-0.1, -0.05) is 0 Å². The molecule has 0 aliphatic heterocycles. The molecule has 0 spiro atoms. The zero-order valence-corrected chi connectivity index (χ0v) is 20.0. The molecule has 0 amide bonds. The average molecular weight is 464 g/mol. The highest BCUT2D eigenvalue weighted by Gasteiger charge is 2.35. The second kappa shape index (κ2) is 8.28. The Kier molecular flexibility index (Phi) is 9.56. The van der Waals surface area contributed by atoms with Gasteiger partial charge in [0.25, 0.3) is 0 Å². The van der Waals surface area contributed by atoms with Crippen molar-refractivity contribution in [2.75, 3.05) is 0 Å². The Balaban J connectivity index is 4.83. The van der Waals surface area contributed by atoms with Crippen molar-refractivity contribution in [3.8, 4) is 0 Å². The molecule has 0 unspecified atom stereocenters. The monoisotopic (exact) mass is 463 g/mol. The van der Waals surface area contributed by atoms with E-state index in [2.05, 4.69) is 0 Å². The molecule has 0 saturated heterocycles. The summed E-state index contributed by atoms with van der Waals surface area (Å²) in [6.07, 6.45) is -9.40. The van der Waals surface area contributed by atoms with Gasteiger partial charge in [-0.05, 0) is 41.5 Å². The van der Waals surface area contributed by atoms with Crippen LogP contribution in [0.15, 0.2) is 0 Å². The van der Waals surface area contributed by atoms with Crippen LogP contribution in [-0.2, 0) is 91.2 Å². The lowest BCUT2D eigenvalue weighted by atomic mass is 10.2. The summed E-state index contributed by atoms with van der Waals surface area (Å²) in [5.74, 6) is 0. The lowest BCUT2D eigenvalue weighted by Gasteiger charge is -2.48. The summed E-state index contributed by atoms with van der Waals surface area (Å²) >= 11 is 30.8. The van der Waals surface area contributed by atoms with Crippen molar-refractivity contribution >= 4 is 91.9 Å². The highest BCUT2D eigenvalue weighted by molar-refractivity contribution is 8.79. The van der Waals surface area contributed by atoms with Crippen molar-refractivity contribution in [1.29, 1.82) is 0 Å². The van der Waals surface area contributed by atoms with E-state index < -0.39 is 29.6 Å². The summed E-state index contributed by atoms with van der Waals surface area (Å²) in [4.78, 5) is 0. The fourth-order valence-electron chi connectivity index (χ4n) is 0.964. The smallest absolute Gasteiger partial charge is 0.135 e. The van der Waals surface area contributed by atoms with Crippen LogP contribution in [0.4, 0.5) is 0 Å². The van der Waals surface area contributed by atoms with Gasteiger partial charge in [0.15, 0.2) is 0 Å². The Bertz CT molecular complexity index is 323. The summed E-state index contributed by atoms with van der Waals surface area (Å²) in [6.45, 7) is 10.8.